The van der Waals surface area contributed by atoms with Crippen LogP contribution in [-0.2, 0) is 28.6 Å². The van der Waals surface area contributed by atoms with Crippen LogP contribution in [0.4, 0.5) is 0 Å². The molecule has 2 unspecified atom stereocenters. The highest BCUT2D eigenvalue weighted by atomic mass is 16.6. The fourth-order valence-corrected chi connectivity index (χ4v) is 4.71. The molecule has 0 fully saturated rings. The largest absolute Gasteiger partial charge is 0.544 e. The zero-order chi connectivity index (χ0) is 34.3. The van der Waals surface area contributed by atoms with E-state index in [0.29, 0.717) is 12.8 Å². The second-order valence-electron chi connectivity index (χ2n) is 12.7. The molecule has 0 saturated carbocycles. The van der Waals surface area contributed by atoms with Gasteiger partial charge in [0.25, 0.3) is 0 Å². The summed E-state index contributed by atoms with van der Waals surface area (Å²) in [4.78, 5) is 36.3. The van der Waals surface area contributed by atoms with Crippen LogP contribution in [0.2, 0.25) is 0 Å². The van der Waals surface area contributed by atoms with Gasteiger partial charge < -0.3 is 28.6 Å². The smallest absolute Gasteiger partial charge is 0.306 e. The molecule has 0 aromatic carbocycles. The number of nitrogens with zero attached hydrogens (tertiary/aromatic N) is 1. The Labute approximate surface area is 280 Å². The first-order valence-corrected chi connectivity index (χ1v) is 17.7. The van der Waals surface area contributed by atoms with E-state index in [1.54, 1.807) is 21.1 Å². The van der Waals surface area contributed by atoms with Crippen molar-refractivity contribution in [2.45, 2.75) is 135 Å². The molecule has 0 rings (SSSR count). The predicted octanol–water partition coefficient (Wildman–Crippen LogP) is 7.18. The Morgan fingerprint density at radius 2 is 1.22 bits per heavy atom. The summed E-state index contributed by atoms with van der Waals surface area (Å²) in [6, 6.07) is -0.727. The van der Waals surface area contributed by atoms with Gasteiger partial charge in [-0.2, -0.15) is 0 Å². The van der Waals surface area contributed by atoms with Gasteiger partial charge in [0.2, 0.25) is 0 Å². The van der Waals surface area contributed by atoms with Crippen molar-refractivity contribution in [3.05, 3.63) is 48.6 Å². The van der Waals surface area contributed by atoms with E-state index in [-0.39, 0.29) is 42.7 Å². The molecule has 0 aliphatic carbocycles. The van der Waals surface area contributed by atoms with Crippen LogP contribution in [0.5, 0.6) is 0 Å². The van der Waals surface area contributed by atoms with Crippen LogP contribution in [0.1, 0.15) is 123 Å². The minimum Gasteiger partial charge on any atom is -0.544 e. The normalized spacial score (nSPS) is 13.7. The number of carbonyl (C=O) groups excluding carboxylic acids is 3. The number of quaternary nitrogens is 1. The maximum Gasteiger partial charge on any atom is 0.306 e. The van der Waals surface area contributed by atoms with E-state index in [2.05, 4.69) is 62.5 Å². The summed E-state index contributed by atoms with van der Waals surface area (Å²) in [5.41, 5.74) is 0. The van der Waals surface area contributed by atoms with Crippen molar-refractivity contribution in [2.24, 2.45) is 0 Å². The zero-order valence-electron chi connectivity index (χ0n) is 29.7. The third-order valence-corrected chi connectivity index (χ3v) is 7.48. The lowest BCUT2D eigenvalue weighted by atomic mass is 10.1. The van der Waals surface area contributed by atoms with Crippen molar-refractivity contribution in [3.8, 4) is 0 Å². The molecule has 264 valence electrons. The third-order valence-electron chi connectivity index (χ3n) is 7.48. The fraction of sp³-hybridized carbons (Fsp3) is 0.711. The van der Waals surface area contributed by atoms with Gasteiger partial charge in [-0.1, -0.05) is 101 Å². The minimum atomic E-state index is -1.13. The number of carboxylic acids is 1. The van der Waals surface area contributed by atoms with E-state index >= 15 is 0 Å². The monoisotopic (exact) mass is 647 g/mol. The molecule has 0 saturated heterocycles. The van der Waals surface area contributed by atoms with E-state index in [0.717, 1.165) is 89.9 Å². The topological polar surface area (TPSA) is 102 Å². The van der Waals surface area contributed by atoms with Crippen LogP contribution < -0.4 is 5.11 Å². The summed E-state index contributed by atoms with van der Waals surface area (Å²) >= 11 is 0. The Balaban J connectivity index is 4.40. The van der Waals surface area contributed by atoms with Crippen molar-refractivity contribution in [1.29, 1.82) is 0 Å². The Morgan fingerprint density at radius 3 is 1.78 bits per heavy atom. The van der Waals surface area contributed by atoms with Crippen LogP contribution in [0.15, 0.2) is 48.6 Å². The number of esters is 2. The van der Waals surface area contributed by atoms with Crippen molar-refractivity contribution >= 4 is 17.9 Å². The minimum absolute atomic E-state index is 0.0291. The average molecular weight is 648 g/mol. The number of rotatable bonds is 30. The molecule has 0 radical (unpaired) electrons. The van der Waals surface area contributed by atoms with E-state index in [1.165, 1.54) is 0 Å². The number of hydrogen-bond acceptors (Lipinski definition) is 7. The molecule has 0 aromatic rings. The summed E-state index contributed by atoms with van der Waals surface area (Å²) < 4.78 is 16.9. The first-order chi connectivity index (χ1) is 22.1. The van der Waals surface area contributed by atoms with Crippen molar-refractivity contribution < 1.29 is 38.2 Å². The molecule has 0 aliphatic heterocycles. The van der Waals surface area contributed by atoms with Gasteiger partial charge in [0.1, 0.15) is 12.6 Å². The summed E-state index contributed by atoms with van der Waals surface area (Å²) in [5.74, 6) is -1.79. The van der Waals surface area contributed by atoms with E-state index < -0.39 is 18.1 Å². The predicted molar refractivity (Wildman–Crippen MR) is 185 cm³/mol. The average Bonchev–Trinajstić information content (AvgIpc) is 3.00. The van der Waals surface area contributed by atoms with Crippen LogP contribution in [0, 0.1) is 0 Å². The second kappa shape index (κ2) is 29.7. The molecule has 0 aliphatic rings. The highest BCUT2D eigenvalue weighted by Crippen LogP contribution is 2.11. The highest BCUT2D eigenvalue weighted by molar-refractivity contribution is 5.70. The lowest BCUT2D eigenvalue weighted by Crippen LogP contribution is -2.55. The van der Waals surface area contributed by atoms with Crippen LogP contribution in [0.25, 0.3) is 0 Å². The fourth-order valence-electron chi connectivity index (χ4n) is 4.71. The van der Waals surface area contributed by atoms with E-state index in [1.807, 2.05) is 0 Å². The Morgan fingerprint density at radius 1 is 0.674 bits per heavy atom. The van der Waals surface area contributed by atoms with Gasteiger partial charge in [-0.25, -0.2) is 0 Å². The van der Waals surface area contributed by atoms with Gasteiger partial charge in [-0.3, -0.25) is 9.59 Å². The quantitative estimate of drug-likeness (QED) is 0.0352. The second-order valence-corrected chi connectivity index (χ2v) is 12.7. The molecule has 8 nitrogen and oxygen atoms in total. The molecule has 0 heterocycles. The first kappa shape index (κ1) is 43.3. The van der Waals surface area contributed by atoms with E-state index in [4.69, 9.17) is 14.2 Å². The Hall–Kier alpha value is -2.71. The molecular weight excluding hydrogens is 582 g/mol. The van der Waals surface area contributed by atoms with Crippen molar-refractivity contribution in [2.75, 3.05) is 41.0 Å². The standard InChI is InChI=1S/C38H65NO7/c1-6-8-10-12-13-14-15-16-17-18-19-20-21-22-23-25-27-29-37(41)46-34(33-45-36(40)28-26-24-11-9-7-2)32-44-31-30-35(38(42)43)39(3,4)5/h8,10,13-14,16-17,19-20,34-35H,6-7,9,11-12,15,18,21-33H2,1-5H3/b10-8-,14-13-,17-16-,20-19-. The molecular formula is C38H65NO7. The number of hydrogen-bond donors (Lipinski definition) is 0. The number of likely N-dealkylation sites (N-methyl/N-ethyl adjacent to an activating group) is 1. The van der Waals surface area contributed by atoms with Crippen LogP contribution in [-0.4, -0.2) is 75.5 Å². The maximum atomic E-state index is 12.6. The van der Waals surface area contributed by atoms with Crippen LogP contribution >= 0.6 is 0 Å². The molecule has 8 heteroatoms. The molecule has 0 bridgehead atoms. The highest BCUT2D eigenvalue weighted by Gasteiger charge is 2.25. The van der Waals surface area contributed by atoms with Crippen molar-refractivity contribution in [1.82, 2.24) is 0 Å². The molecule has 2 atom stereocenters. The molecule has 0 N–H and O–H groups in total. The number of carboxylic acid groups (broad SMARTS) is 1. The Kier molecular flexibility index (Phi) is 27.9. The third kappa shape index (κ3) is 27.6. The number of unbranched alkanes of at least 4 members (excludes halogenated alkanes) is 8. The molecule has 0 amide bonds. The SMILES string of the molecule is CC/C=C\C/C=C\C/C=C\C/C=C\CCCCCCC(=O)OC(COCCC(C(=O)[O-])[N+](C)(C)C)COC(=O)CCCCCCC. The number of carbonyl (C=O) groups is 3. The van der Waals surface area contributed by atoms with Crippen molar-refractivity contribution in [3.63, 3.8) is 0 Å². The number of allylic oxidation sites excluding steroid dienone is 8. The van der Waals surface area contributed by atoms with Gasteiger partial charge in [-0.05, 0) is 51.4 Å². The molecule has 46 heavy (non-hydrogen) atoms. The van der Waals surface area contributed by atoms with Gasteiger partial charge >= 0.3 is 11.9 Å². The maximum absolute atomic E-state index is 12.6. The number of ether oxygens (including phenoxy) is 3. The van der Waals surface area contributed by atoms with E-state index in [9.17, 15) is 19.5 Å². The lowest BCUT2D eigenvalue weighted by Gasteiger charge is -2.34. The summed E-state index contributed by atoms with van der Waals surface area (Å²) in [7, 11) is 5.37. The summed E-state index contributed by atoms with van der Waals surface area (Å²) in [6.07, 6.45) is 31.7. The van der Waals surface area contributed by atoms with Crippen LogP contribution in [0.3, 0.4) is 0 Å². The van der Waals surface area contributed by atoms with Gasteiger partial charge in [0, 0.05) is 19.3 Å². The molecule has 0 spiro atoms. The summed E-state index contributed by atoms with van der Waals surface area (Å²) in [5, 5.41) is 11.5. The lowest BCUT2D eigenvalue weighted by molar-refractivity contribution is -0.889. The van der Waals surface area contributed by atoms with Gasteiger partial charge in [0.05, 0.1) is 40.3 Å². The first-order valence-electron chi connectivity index (χ1n) is 17.7. The zero-order valence-corrected chi connectivity index (χ0v) is 29.7. The molecule has 0 aromatic heterocycles. The Bertz CT molecular complexity index is 901. The van der Waals surface area contributed by atoms with Gasteiger partial charge in [0.15, 0.2) is 6.10 Å². The summed E-state index contributed by atoms with van der Waals surface area (Å²) in [6.45, 7) is 4.40. The number of aliphatic carboxylic acids is 1. The van der Waals surface area contributed by atoms with Gasteiger partial charge in [-0.15, -0.1) is 0 Å².